The summed E-state index contributed by atoms with van der Waals surface area (Å²) in [7, 11) is 0. The highest BCUT2D eigenvalue weighted by molar-refractivity contribution is 9.11. The average molecular weight is 667 g/mol. The summed E-state index contributed by atoms with van der Waals surface area (Å²) in [5, 5.41) is 27.4. The highest BCUT2D eigenvalue weighted by Gasteiger charge is 2.16. The standard InChI is InChI=1S/C23H15Br3N4O5/c24-17-11-18(25)21(31)20(26)16(17)12-27-29-23(33)19(28-22(32)14-4-2-1-3-5-14)10-13-6-8-15(9-7-13)30(34)35/h1-12,31H,(H,28,32)(H,29,33). The predicted octanol–water partition coefficient (Wildman–Crippen LogP) is 5.51. The number of nitrogens with zero attached hydrogens (tertiary/aromatic N) is 2. The average Bonchev–Trinajstić information content (AvgIpc) is 2.85. The Bertz CT molecular complexity index is 1340. The molecule has 0 fully saturated rings. The van der Waals surface area contributed by atoms with E-state index in [4.69, 9.17) is 0 Å². The van der Waals surface area contributed by atoms with Crippen LogP contribution in [0.25, 0.3) is 6.08 Å². The molecule has 0 radical (unpaired) electrons. The molecule has 0 bridgehead atoms. The van der Waals surface area contributed by atoms with Gasteiger partial charge in [-0.3, -0.25) is 19.7 Å². The summed E-state index contributed by atoms with van der Waals surface area (Å²) in [4.78, 5) is 35.9. The van der Waals surface area contributed by atoms with E-state index in [0.717, 1.165) is 0 Å². The topological polar surface area (TPSA) is 134 Å². The molecule has 0 aliphatic carbocycles. The molecule has 0 saturated carbocycles. The molecule has 9 nitrogen and oxygen atoms in total. The fraction of sp³-hybridized carbons (Fsp3) is 0. The molecule has 0 aromatic heterocycles. The minimum absolute atomic E-state index is 0.0464. The van der Waals surface area contributed by atoms with Crippen molar-refractivity contribution in [1.82, 2.24) is 10.7 Å². The van der Waals surface area contributed by atoms with Crippen LogP contribution in [0, 0.1) is 10.1 Å². The number of nitro benzene ring substituents is 1. The Balaban J connectivity index is 1.87. The number of hydrazone groups is 1. The highest BCUT2D eigenvalue weighted by Crippen LogP contribution is 2.38. The van der Waals surface area contributed by atoms with E-state index in [9.17, 15) is 24.8 Å². The van der Waals surface area contributed by atoms with Crippen molar-refractivity contribution in [2.75, 3.05) is 0 Å². The Hall–Kier alpha value is -3.35. The maximum atomic E-state index is 12.9. The van der Waals surface area contributed by atoms with Crippen LogP contribution in [0.15, 0.2) is 84.9 Å². The van der Waals surface area contributed by atoms with Gasteiger partial charge in [-0.1, -0.05) is 34.1 Å². The molecular weight excluding hydrogens is 652 g/mol. The second-order valence-corrected chi connectivity index (χ2v) is 9.34. The summed E-state index contributed by atoms with van der Waals surface area (Å²) in [5.41, 5.74) is 3.32. The molecule has 0 aliphatic rings. The second-order valence-electron chi connectivity index (χ2n) is 6.84. The molecule has 2 amide bonds. The van der Waals surface area contributed by atoms with E-state index in [2.05, 4.69) is 63.6 Å². The SMILES string of the molecule is O=C(NN=Cc1c(Br)cc(Br)c(O)c1Br)C(=Cc1ccc([N+](=O)[O-])cc1)NC(=O)c1ccccc1. The Morgan fingerprint density at radius 1 is 1.00 bits per heavy atom. The Labute approximate surface area is 224 Å². The van der Waals surface area contributed by atoms with Gasteiger partial charge in [0.15, 0.2) is 0 Å². The first-order chi connectivity index (χ1) is 16.7. The molecule has 0 saturated heterocycles. The molecule has 0 atom stereocenters. The van der Waals surface area contributed by atoms with Gasteiger partial charge < -0.3 is 10.4 Å². The van der Waals surface area contributed by atoms with Crippen LogP contribution in [0.4, 0.5) is 5.69 Å². The third-order valence-corrected chi connectivity index (χ3v) is 6.55. The Morgan fingerprint density at radius 2 is 1.66 bits per heavy atom. The van der Waals surface area contributed by atoms with Crippen molar-refractivity contribution < 1.29 is 19.6 Å². The van der Waals surface area contributed by atoms with E-state index in [1.54, 1.807) is 36.4 Å². The summed E-state index contributed by atoms with van der Waals surface area (Å²) >= 11 is 9.84. The first kappa shape index (κ1) is 26.3. The predicted molar refractivity (Wildman–Crippen MR) is 142 cm³/mol. The molecule has 0 spiro atoms. The first-order valence-electron chi connectivity index (χ1n) is 9.69. The van der Waals surface area contributed by atoms with Gasteiger partial charge in [0.1, 0.15) is 11.4 Å². The van der Waals surface area contributed by atoms with Crippen LogP contribution in [-0.4, -0.2) is 28.1 Å². The first-order valence-corrected chi connectivity index (χ1v) is 12.1. The number of carbonyl (C=O) groups is 2. The van der Waals surface area contributed by atoms with Crippen LogP contribution in [0.2, 0.25) is 0 Å². The minimum Gasteiger partial charge on any atom is -0.506 e. The van der Waals surface area contributed by atoms with Gasteiger partial charge in [0.25, 0.3) is 17.5 Å². The number of hydrogen-bond acceptors (Lipinski definition) is 6. The van der Waals surface area contributed by atoms with Crippen LogP contribution < -0.4 is 10.7 Å². The van der Waals surface area contributed by atoms with E-state index < -0.39 is 16.7 Å². The summed E-state index contributed by atoms with van der Waals surface area (Å²) in [6.07, 6.45) is 2.67. The molecule has 178 valence electrons. The summed E-state index contributed by atoms with van der Waals surface area (Å²) in [6, 6.07) is 15.4. The lowest BCUT2D eigenvalue weighted by Crippen LogP contribution is -2.32. The van der Waals surface area contributed by atoms with Crippen LogP contribution in [0.1, 0.15) is 21.5 Å². The number of phenolic OH excluding ortho intramolecular Hbond substituents is 1. The molecule has 3 aromatic carbocycles. The van der Waals surface area contributed by atoms with Crippen LogP contribution in [0.3, 0.4) is 0 Å². The van der Waals surface area contributed by atoms with Crippen LogP contribution in [0.5, 0.6) is 5.75 Å². The molecule has 3 aromatic rings. The lowest BCUT2D eigenvalue weighted by atomic mass is 10.1. The molecule has 0 heterocycles. The quantitative estimate of drug-likeness (QED) is 0.132. The third kappa shape index (κ3) is 6.84. The normalized spacial score (nSPS) is 11.3. The third-order valence-electron chi connectivity index (χ3n) is 4.48. The van der Waals surface area contributed by atoms with Crippen molar-refractivity contribution in [2.45, 2.75) is 0 Å². The van der Waals surface area contributed by atoms with Crippen molar-refractivity contribution in [3.05, 3.63) is 107 Å². The Kier molecular flexibility index (Phi) is 8.90. The van der Waals surface area contributed by atoms with E-state index in [-0.39, 0.29) is 17.1 Å². The number of carbonyl (C=O) groups excluding carboxylic acids is 2. The van der Waals surface area contributed by atoms with Crippen molar-refractivity contribution >= 4 is 77.6 Å². The zero-order chi connectivity index (χ0) is 25.5. The molecule has 0 unspecified atom stereocenters. The fourth-order valence-corrected chi connectivity index (χ4v) is 5.06. The number of amides is 2. The lowest BCUT2D eigenvalue weighted by molar-refractivity contribution is -0.384. The van der Waals surface area contributed by atoms with Gasteiger partial charge in [-0.05, 0) is 73.8 Å². The number of halogens is 3. The highest BCUT2D eigenvalue weighted by atomic mass is 79.9. The van der Waals surface area contributed by atoms with Crippen molar-refractivity contribution in [1.29, 1.82) is 0 Å². The zero-order valence-electron chi connectivity index (χ0n) is 17.5. The van der Waals surface area contributed by atoms with Gasteiger partial charge >= 0.3 is 0 Å². The molecule has 3 rings (SSSR count). The fourth-order valence-electron chi connectivity index (χ4n) is 2.73. The maximum Gasteiger partial charge on any atom is 0.287 e. The van der Waals surface area contributed by atoms with E-state index >= 15 is 0 Å². The van der Waals surface area contributed by atoms with Gasteiger partial charge in [-0.25, -0.2) is 5.43 Å². The van der Waals surface area contributed by atoms with Crippen molar-refractivity contribution in [3.8, 4) is 5.75 Å². The van der Waals surface area contributed by atoms with Gasteiger partial charge in [0, 0.05) is 27.7 Å². The van der Waals surface area contributed by atoms with Gasteiger partial charge in [-0.2, -0.15) is 5.10 Å². The van der Waals surface area contributed by atoms with Crippen molar-refractivity contribution in [3.63, 3.8) is 0 Å². The lowest BCUT2D eigenvalue weighted by Gasteiger charge is -2.10. The number of nitrogens with one attached hydrogen (secondary N) is 2. The number of hydrogen-bond donors (Lipinski definition) is 3. The molecule has 35 heavy (non-hydrogen) atoms. The largest absolute Gasteiger partial charge is 0.506 e. The zero-order valence-corrected chi connectivity index (χ0v) is 22.3. The molecule has 12 heteroatoms. The Morgan fingerprint density at radius 3 is 2.29 bits per heavy atom. The van der Waals surface area contributed by atoms with Crippen molar-refractivity contribution in [2.24, 2.45) is 5.10 Å². The monoisotopic (exact) mass is 664 g/mol. The van der Waals surface area contributed by atoms with Crippen LogP contribution >= 0.6 is 47.8 Å². The number of non-ortho nitro benzene ring substituents is 1. The maximum absolute atomic E-state index is 12.9. The van der Waals surface area contributed by atoms with Gasteiger partial charge in [0.2, 0.25) is 0 Å². The number of phenols is 1. The van der Waals surface area contributed by atoms with Gasteiger partial charge in [0.05, 0.1) is 20.1 Å². The summed E-state index contributed by atoms with van der Waals surface area (Å²) < 4.78 is 1.39. The number of aromatic hydroxyl groups is 1. The second kappa shape index (κ2) is 11.9. The molecule has 0 aliphatic heterocycles. The molecule has 3 N–H and O–H groups in total. The summed E-state index contributed by atoms with van der Waals surface area (Å²) in [6.45, 7) is 0. The minimum atomic E-state index is -0.738. The molecular formula is C23H15Br3N4O5. The number of rotatable bonds is 7. The smallest absolute Gasteiger partial charge is 0.287 e. The van der Waals surface area contributed by atoms with E-state index in [0.29, 0.717) is 30.1 Å². The van der Waals surface area contributed by atoms with Gasteiger partial charge in [-0.15, -0.1) is 0 Å². The summed E-state index contributed by atoms with van der Waals surface area (Å²) in [5.74, 6) is -1.31. The van der Waals surface area contributed by atoms with E-state index in [1.807, 2.05) is 0 Å². The van der Waals surface area contributed by atoms with E-state index in [1.165, 1.54) is 36.6 Å². The van der Waals surface area contributed by atoms with Crippen LogP contribution in [-0.2, 0) is 4.79 Å². The number of benzene rings is 3. The number of nitro groups is 1.